The number of amides is 2. The molecule has 0 radical (unpaired) electrons. The number of aromatic amines is 1. The Bertz CT molecular complexity index is 862. The fourth-order valence-electron chi connectivity index (χ4n) is 3.63. The van der Waals surface area contributed by atoms with Gasteiger partial charge in [-0.05, 0) is 11.6 Å². The molecular weight excluding hydrogens is 401 g/mol. The van der Waals surface area contributed by atoms with Crippen molar-refractivity contribution in [2.24, 2.45) is 0 Å². The van der Waals surface area contributed by atoms with Gasteiger partial charge in [-0.1, -0.05) is 29.8 Å². The third-order valence-electron chi connectivity index (χ3n) is 5.23. The summed E-state index contributed by atoms with van der Waals surface area (Å²) >= 11 is 6.15. The highest BCUT2D eigenvalue weighted by Crippen LogP contribution is 2.19. The van der Waals surface area contributed by atoms with Gasteiger partial charge in [0.15, 0.2) is 5.69 Å². The van der Waals surface area contributed by atoms with Gasteiger partial charge in [-0.25, -0.2) is 0 Å². The van der Waals surface area contributed by atoms with Gasteiger partial charge in [0.25, 0.3) is 5.91 Å². The SMILES string of the molecule is Cl.O=C(Cc1ccccc1Cl)N1CCN(C(=O)c2n[nH]c3c2CNCC3)CC1. The third-order valence-corrected chi connectivity index (χ3v) is 5.60. The lowest BCUT2D eigenvalue weighted by Crippen LogP contribution is -2.51. The summed E-state index contributed by atoms with van der Waals surface area (Å²) in [4.78, 5) is 29.0. The predicted molar refractivity (Wildman–Crippen MR) is 109 cm³/mol. The van der Waals surface area contributed by atoms with Gasteiger partial charge in [-0.2, -0.15) is 5.10 Å². The number of hydrogen-bond acceptors (Lipinski definition) is 4. The van der Waals surface area contributed by atoms with Gasteiger partial charge in [0, 0.05) is 62.0 Å². The van der Waals surface area contributed by atoms with E-state index < -0.39 is 0 Å². The molecule has 0 saturated carbocycles. The lowest BCUT2D eigenvalue weighted by atomic mass is 10.1. The number of nitrogens with zero attached hydrogens (tertiary/aromatic N) is 3. The Morgan fingerprint density at radius 1 is 1.11 bits per heavy atom. The molecule has 1 aromatic carbocycles. The van der Waals surface area contributed by atoms with Crippen molar-refractivity contribution < 1.29 is 9.59 Å². The minimum absolute atomic E-state index is 0. The highest BCUT2D eigenvalue weighted by atomic mass is 35.5. The van der Waals surface area contributed by atoms with Crippen molar-refractivity contribution in [1.82, 2.24) is 25.3 Å². The highest BCUT2D eigenvalue weighted by molar-refractivity contribution is 6.31. The Morgan fingerprint density at radius 3 is 2.57 bits per heavy atom. The van der Waals surface area contributed by atoms with Gasteiger partial charge in [-0.15, -0.1) is 12.4 Å². The topological polar surface area (TPSA) is 81.3 Å². The van der Waals surface area contributed by atoms with Crippen LogP contribution in [0.5, 0.6) is 0 Å². The van der Waals surface area contributed by atoms with Crippen LogP contribution < -0.4 is 5.32 Å². The van der Waals surface area contributed by atoms with Gasteiger partial charge in [0.05, 0.1) is 6.42 Å². The first-order valence-corrected chi connectivity index (χ1v) is 9.58. The summed E-state index contributed by atoms with van der Waals surface area (Å²) in [6.45, 7) is 3.66. The molecule has 28 heavy (non-hydrogen) atoms. The molecule has 0 unspecified atom stereocenters. The number of H-pyrrole nitrogens is 1. The zero-order valence-corrected chi connectivity index (χ0v) is 17.0. The van der Waals surface area contributed by atoms with Crippen molar-refractivity contribution in [3.63, 3.8) is 0 Å². The molecule has 1 saturated heterocycles. The van der Waals surface area contributed by atoms with Crippen molar-refractivity contribution in [1.29, 1.82) is 0 Å². The van der Waals surface area contributed by atoms with Crippen molar-refractivity contribution in [2.45, 2.75) is 19.4 Å². The predicted octanol–water partition coefficient (Wildman–Crippen LogP) is 1.66. The van der Waals surface area contributed by atoms with Crippen LogP contribution in [-0.2, 0) is 24.2 Å². The average Bonchev–Trinajstić information content (AvgIpc) is 3.13. The van der Waals surface area contributed by atoms with E-state index in [1.807, 2.05) is 18.2 Å². The fraction of sp³-hybridized carbons (Fsp3) is 0.421. The summed E-state index contributed by atoms with van der Waals surface area (Å²) in [6.07, 6.45) is 1.14. The monoisotopic (exact) mass is 423 g/mol. The van der Waals surface area contributed by atoms with Gasteiger partial charge < -0.3 is 15.1 Å². The second-order valence-corrected chi connectivity index (χ2v) is 7.30. The quantitative estimate of drug-likeness (QED) is 0.786. The number of rotatable bonds is 3. The first-order chi connectivity index (χ1) is 13.1. The van der Waals surface area contributed by atoms with Crippen molar-refractivity contribution in [2.75, 3.05) is 32.7 Å². The molecular formula is C19H23Cl2N5O2. The Labute approximate surface area is 174 Å². The molecule has 2 aliphatic heterocycles. The maximum atomic E-state index is 12.8. The number of aromatic nitrogens is 2. The lowest BCUT2D eigenvalue weighted by molar-refractivity contribution is -0.131. The summed E-state index contributed by atoms with van der Waals surface area (Å²) in [5, 5.41) is 11.1. The first-order valence-electron chi connectivity index (χ1n) is 9.21. The highest BCUT2D eigenvalue weighted by Gasteiger charge is 2.29. The number of piperazine rings is 1. The second kappa shape index (κ2) is 8.94. The molecule has 9 heteroatoms. The Balaban J connectivity index is 0.00000225. The standard InChI is InChI=1S/C19H22ClN5O2.ClH/c20-15-4-2-1-3-13(15)11-17(26)24-7-9-25(10-8-24)19(27)18-14-12-21-6-5-16(14)22-23-18;/h1-4,21H,5-12H2,(H,22,23);1H. The molecule has 0 atom stereocenters. The van der Waals surface area contributed by atoms with E-state index in [0.29, 0.717) is 43.4 Å². The molecule has 0 spiro atoms. The van der Waals surface area contributed by atoms with Crippen LogP contribution in [0.25, 0.3) is 0 Å². The van der Waals surface area contributed by atoms with Crippen molar-refractivity contribution in [3.05, 3.63) is 51.8 Å². The largest absolute Gasteiger partial charge is 0.339 e. The molecule has 2 aliphatic rings. The van der Waals surface area contributed by atoms with E-state index in [4.69, 9.17) is 11.6 Å². The average molecular weight is 424 g/mol. The third kappa shape index (κ3) is 4.16. The molecule has 1 aromatic heterocycles. The first kappa shape index (κ1) is 20.6. The lowest BCUT2D eigenvalue weighted by Gasteiger charge is -2.34. The molecule has 4 rings (SSSR count). The van der Waals surface area contributed by atoms with Crippen LogP contribution in [-0.4, -0.2) is 64.5 Å². The van der Waals surface area contributed by atoms with E-state index in [1.54, 1.807) is 15.9 Å². The van der Waals surface area contributed by atoms with Crippen LogP contribution in [0, 0.1) is 0 Å². The zero-order chi connectivity index (χ0) is 18.8. The molecule has 2 amide bonds. The van der Waals surface area contributed by atoms with Crippen LogP contribution in [0.3, 0.4) is 0 Å². The summed E-state index contributed by atoms with van der Waals surface area (Å²) in [6, 6.07) is 7.39. The number of fused-ring (bicyclic) bond motifs is 1. The number of halogens is 2. The smallest absolute Gasteiger partial charge is 0.274 e. The van der Waals surface area contributed by atoms with Crippen LogP contribution in [0.2, 0.25) is 5.02 Å². The van der Waals surface area contributed by atoms with Gasteiger partial charge in [0.1, 0.15) is 0 Å². The van der Waals surface area contributed by atoms with Gasteiger partial charge in [0.2, 0.25) is 5.91 Å². The van der Waals surface area contributed by atoms with E-state index in [9.17, 15) is 9.59 Å². The van der Waals surface area contributed by atoms with E-state index in [1.165, 1.54) is 0 Å². The minimum Gasteiger partial charge on any atom is -0.339 e. The Hall–Kier alpha value is -2.09. The van der Waals surface area contributed by atoms with Crippen LogP contribution in [0.4, 0.5) is 0 Å². The van der Waals surface area contributed by atoms with Gasteiger partial charge in [-0.3, -0.25) is 14.7 Å². The number of carbonyl (C=O) groups is 2. The number of hydrogen-bond donors (Lipinski definition) is 2. The number of carbonyl (C=O) groups excluding carboxylic acids is 2. The normalized spacial score (nSPS) is 16.3. The second-order valence-electron chi connectivity index (χ2n) is 6.90. The van der Waals surface area contributed by atoms with E-state index >= 15 is 0 Å². The van der Waals surface area contributed by atoms with Crippen LogP contribution in [0.15, 0.2) is 24.3 Å². The van der Waals surface area contributed by atoms with Gasteiger partial charge >= 0.3 is 0 Å². The summed E-state index contributed by atoms with van der Waals surface area (Å²) in [7, 11) is 0. The van der Waals surface area contributed by atoms with Crippen LogP contribution in [0.1, 0.15) is 27.3 Å². The minimum atomic E-state index is -0.0607. The Morgan fingerprint density at radius 2 is 1.82 bits per heavy atom. The number of benzene rings is 1. The van der Waals surface area contributed by atoms with E-state index in [0.717, 1.165) is 29.8 Å². The van der Waals surface area contributed by atoms with E-state index in [-0.39, 0.29) is 30.6 Å². The molecule has 3 heterocycles. The molecule has 7 nitrogen and oxygen atoms in total. The molecule has 2 N–H and O–H groups in total. The van der Waals surface area contributed by atoms with Crippen molar-refractivity contribution >= 4 is 35.8 Å². The molecule has 2 aromatic rings. The zero-order valence-electron chi connectivity index (χ0n) is 15.4. The molecule has 0 aliphatic carbocycles. The Kier molecular flexibility index (Phi) is 6.59. The summed E-state index contributed by atoms with van der Waals surface area (Å²) < 4.78 is 0. The van der Waals surface area contributed by atoms with Crippen molar-refractivity contribution in [3.8, 4) is 0 Å². The molecule has 0 bridgehead atoms. The van der Waals surface area contributed by atoms with Crippen LogP contribution >= 0.6 is 24.0 Å². The summed E-state index contributed by atoms with van der Waals surface area (Å²) in [5.74, 6) is -0.0223. The fourth-order valence-corrected chi connectivity index (χ4v) is 3.83. The molecule has 150 valence electrons. The summed E-state index contributed by atoms with van der Waals surface area (Å²) in [5.41, 5.74) is 3.36. The molecule has 1 fully saturated rings. The number of nitrogens with one attached hydrogen (secondary N) is 2. The maximum Gasteiger partial charge on any atom is 0.274 e. The maximum absolute atomic E-state index is 12.8. The van der Waals surface area contributed by atoms with E-state index in [2.05, 4.69) is 15.5 Å².